The van der Waals surface area contributed by atoms with Gasteiger partial charge in [0.1, 0.15) is 12.4 Å². The Hall–Kier alpha value is -1.52. The Balaban J connectivity index is 1.82. The maximum absolute atomic E-state index is 11.8. The quantitative estimate of drug-likeness (QED) is 0.827. The summed E-state index contributed by atoms with van der Waals surface area (Å²) in [7, 11) is 0. The third kappa shape index (κ3) is 3.22. The van der Waals surface area contributed by atoms with Gasteiger partial charge in [0.05, 0.1) is 0 Å². The Morgan fingerprint density at radius 3 is 3.00 bits per heavy atom. The molecule has 1 fully saturated rings. The van der Waals surface area contributed by atoms with Gasteiger partial charge in [0, 0.05) is 12.2 Å². The van der Waals surface area contributed by atoms with Gasteiger partial charge in [-0.2, -0.15) is 5.10 Å². The number of nitrogen functional groups attached to an aromatic ring is 1. The second kappa shape index (κ2) is 4.39. The van der Waals surface area contributed by atoms with Crippen molar-refractivity contribution in [1.29, 1.82) is 0 Å². The van der Waals surface area contributed by atoms with Gasteiger partial charge in [-0.3, -0.25) is 9.48 Å². The standard InChI is InChI=1S/C12H20N4O/c1-12(2)5-3-9(7-12)14-11(17)8-16-6-4-10(13)15-16/h4,6,9H,3,5,7-8H2,1-2H3,(H2,13,15)(H,14,17). The van der Waals surface area contributed by atoms with Crippen LogP contribution in [0.1, 0.15) is 33.1 Å². The highest BCUT2D eigenvalue weighted by Crippen LogP contribution is 2.36. The fourth-order valence-corrected chi connectivity index (χ4v) is 2.45. The van der Waals surface area contributed by atoms with Crippen molar-refractivity contribution in [2.24, 2.45) is 5.41 Å². The molecule has 1 aromatic heterocycles. The van der Waals surface area contributed by atoms with Gasteiger partial charge < -0.3 is 11.1 Å². The molecule has 94 valence electrons. The molecule has 3 N–H and O–H groups in total. The number of nitrogens with zero attached hydrogens (tertiary/aromatic N) is 2. The molecule has 0 radical (unpaired) electrons. The van der Waals surface area contributed by atoms with Gasteiger partial charge in [0.2, 0.25) is 5.91 Å². The summed E-state index contributed by atoms with van der Waals surface area (Å²) in [5, 5.41) is 7.04. The average Bonchev–Trinajstić information content (AvgIpc) is 2.73. The van der Waals surface area contributed by atoms with Gasteiger partial charge in [-0.1, -0.05) is 13.8 Å². The van der Waals surface area contributed by atoms with Crippen LogP contribution in [-0.2, 0) is 11.3 Å². The fraction of sp³-hybridized carbons (Fsp3) is 0.667. The van der Waals surface area contributed by atoms with Crippen molar-refractivity contribution < 1.29 is 4.79 Å². The molecule has 1 aromatic rings. The number of carbonyl (C=O) groups is 1. The minimum Gasteiger partial charge on any atom is -0.382 e. The highest BCUT2D eigenvalue weighted by molar-refractivity contribution is 5.76. The van der Waals surface area contributed by atoms with E-state index < -0.39 is 0 Å². The van der Waals surface area contributed by atoms with Crippen LogP contribution in [0, 0.1) is 5.41 Å². The number of carbonyl (C=O) groups excluding carboxylic acids is 1. The topological polar surface area (TPSA) is 72.9 Å². The Morgan fingerprint density at radius 2 is 2.47 bits per heavy atom. The van der Waals surface area contributed by atoms with Crippen molar-refractivity contribution in [2.75, 3.05) is 5.73 Å². The number of hydrogen-bond donors (Lipinski definition) is 2. The van der Waals surface area contributed by atoms with Crippen molar-refractivity contribution in [3.05, 3.63) is 12.3 Å². The van der Waals surface area contributed by atoms with E-state index in [-0.39, 0.29) is 12.5 Å². The monoisotopic (exact) mass is 236 g/mol. The number of rotatable bonds is 3. The molecule has 0 saturated heterocycles. The van der Waals surface area contributed by atoms with Crippen molar-refractivity contribution in [3.63, 3.8) is 0 Å². The second-order valence-electron chi connectivity index (χ2n) is 5.61. The number of nitrogens with one attached hydrogen (secondary N) is 1. The minimum atomic E-state index is 0.0100. The molecule has 5 nitrogen and oxygen atoms in total. The van der Waals surface area contributed by atoms with Crippen molar-refractivity contribution >= 4 is 11.7 Å². The van der Waals surface area contributed by atoms with E-state index in [1.54, 1.807) is 16.9 Å². The lowest BCUT2D eigenvalue weighted by Crippen LogP contribution is -2.36. The first-order valence-corrected chi connectivity index (χ1v) is 6.03. The van der Waals surface area contributed by atoms with Gasteiger partial charge in [-0.25, -0.2) is 0 Å². The van der Waals surface area contributed by atoms with Crippen LogP contribution in [0.5, 0.6) is 0 Å². The molecule has 1 amide bonds. The van der Waals surface area contributed by atoms with Crippen LogP contribution in [0.15, 0.2) is 12.3 Å². The third-order valence-corrected chi connectivity index (χ3v) is 3.30. The lowest BCUT2D eigenvalue weighted by atomic mass is 9.92. The Labute approximate surface area is 101 Å². The SMILES string of the molecule is CC1(C)CCC(NC(=O)Cn2ccc(N)n2)C1. The smallest absolute Gasteiger partial charge is 0.241 e. The van der Waals surface area contributed by atoms with Crippen molar-refractivity contribution in [1.82, 2.24) is 15.1 Å². The Morgan fingerprint density at radius 1 is 1.71 bits per heavy atom. The van der Waals surface area contributed by atoms with Gasteiger partial charge in [-0.15, -0.1) is 0 Å². The summed E-state index contributed by atoms with van der Waals surface area (Å²) >= 11 is 0. The number of hydrogen-bond acceptors (Lipinski definition) is 3. The molecule has 2 rings (SSSR count). The Bertz CT molecular complexity index is 410. The summed E-state index contributed by atoms with van der Waals surface area (Å²) in [6.07, 6.45) is 5.01. The van der Waals surface area contributed by atoms with Crippen LogP contribution in [-0.4, -0.2) is 21.7 Å². The molecule has 1 saturated carbocycles. The second-order valence-corrected chi connectivity index (χ2v) is 5.61. The number of nitrogens with two attached hydrogens (primary N) is 1. The first-order valence-electron chi connectivity index (χ1n) is 6.03. The predicted molar refractivity (Wildman–Crippen MR) is 66.2 cm³/mol. The molecule has 0 spiro atoms. The van der Waals surface area contributed by atoms with E-state index in [0.29, 0.717) is 17.3 Å². The minimum absolute atomic E-state index is 0.0100. The normalized spacial score (nSPS) is 22.6. The van der Waals surface area contributed by atoms with Crippen molar-refractivity contribution in [2.45, 2.75) is 45.7 Å². The zero-order valence-electron chi connectivity index (χ0n) is 10.4. The number of anilines is 1. The van der Waals surface area contributed by atoms with Crippen LogP contribution in [0.3, 0.4) is 0 Å². The molecule has 1 heterocycles. The van der Waals surface area contributed by atoms with E-state index in [4.69, 9.17) is 5.73 Å². The Kier molecular flexibility index (Phi) is 3.09. The molecule has 0 bridgehead atoms. The molecular weight excluding hydrogens is 216 g/mol. The van der Waals surface area contributed by atoms with Gasteiger partial charge in [0.15, 0.2) is 0 Å². The van der Waals surface area contributed by atoms with E-state index in [2.05, 4.69) is 24.3 Å². The van der Waals surface area contributed by atoms with Gasteiger partial charge >= 0.3 is 0 Å². The molecule has 17 heavy (non-hydrogen) atoms. The van der Waals surface area contributed by atoms with Crippen LogP contribution < -0.4 is 11.1 Å². The molecule has 5 heteroatoms. The first-order chi connectivity index (χ1) is 7.94. The van der Waals surface area contributed by atoms with Crippen molar-refractivity contribution in [3.8, 4) is 0 Å². The maximum Gasteiger partial charge on any atom is 0.241 e. The van der Waals surface area contributed by atoms with Gasteiger partial charge in [-0.05, 0) is 30.7 Å². The highest BCUT2D eigenvalue weighted by atomic mass is 16.2. The average molecular weight is 236 g/mol. The van der Waals surface area contributed by atoms with E-state index >= 15 is 0 Å². The molecule has 0 aromatic carbocycles. The first kappa shape index (κ1) is 12.0. The van der Waals surface area contributed by atoms with Crippen LogP contribution in [0.25, 0.3) is 0 Å². The largest absolute Gasteiger partial charge is 0.382 e. The summed E-state index contributed by atoms with van der Waals surface area (Å²) in [4.78, 5) is 11.8. The highest BCUT2D eigenvalue weighted by Gasteiger charge is 2.31. The predicted octanol–water partition coefficient (Wildman–Crippen LogP) is 1.16. The molecular formula is C12H20N4O. The summed E-state index contributed by atoms with van der Waals surface area (Å²) in [6, 6.07) is 2.00. The van der Waals surface area contributed by atoms with E-state index in [0.717, 1.165) is 12.8 Å². The number of amides is 1. The lowest BCUT2D eigenvalue weighted by molar-refractivity contribution is -0.122. The van der Waals surface area contributed by atoms with Crippen LogP contribution in [0.4, 0.5) is 5.82 Å². The summed E-state index contributed by atoms with van der Waals surface area (Å²) < 4.78 is 1.56. The zero-order valence-corrected chi connectivity index (χ0v) is 10.4. The molecule has 1 atom stereocenters. The lowest BCUT2D eigenvalue weighted by Gasteiger charge is -2.17. The summed E-state index contributed by atoms with van der Waals surface area (Å²) in [5.74, 6) is 0.454. The van der Waals surface area contributed by atoms with Crippen LogP contribution >= 0.6 is 0 Å². The summed E-state index contributed by atoms with van der Waals surface area (Å²) in [6.45, 7) is 4.73. The van der Waals surface area contributed by atoms with E-state index in [1.807, 2.05) is 0 Å². The molecule has 1 aliphatic rings. The van der Waals surface area contributed by atoms with E-state index in [9.17, 15) is 4.79 Å². The van der Waals surface area contributed by atoms with Gasteiger partial charge in [0.25, 0.3) is 0 Å². The third-order valence-electron chi connectivity index (χ3n) is 3.30. The van der Waals surface area contributed by atoms with E-state index in [1.165, 1.54) is 6.42 Å². The molecule has 0 aliphatic heterocycles. The fourth-order valence-electron chi connectivity index (χ4n) is 2.45. The van der Waals surface area contributed by atoms with Crippen LogP contribution in [0.2, 0.25) is 0 Å². The zero-order chi connectivity index (χ0) is 12.5. The maximum atomic E-state index is 11.8. The molecule has 1 aliphatic carbocycles. The summed E-state index contributed by atoms with van der Waals surface area (Å²) in [5.41, 5.74) is 5.85. The number of aromatic nitrogens is 2. The molecule has 1 unspecified atom stereocenters.